The number of thioether (sulfide) groups is 1. The minimum Gasteiger partial charge on any atom is -0.368 e. The maximum atomic E-state index is 11.3. The van der Waals surface area contributed by atoms with E-state index in [4.69, 9.17) is 5.73 Å². The molecule has 4 N–H and O–H groups in total. The highest BCUT2D eigenvalue weighted by atomic mass is 32.2. The van der Waals surface area contributed by atoms with E-state index in [0.717, 1.165) is 34.9 Å². The van der Waals surface area contributed by atoms with Gasteiger partial charge in [0.2, 0.25) is 5.91 Å². The normalized spacial score (nSPS) is 12.7. The SMILES string of the molecule is CCCNC(CCSc1nc2ccccc2[nH]1)C(N)=O. The van der Waals surface area contributed by atoms with Crippen LogP contribution in [0.2, 0.25) is 0 Å². The van der Waals surface area contributed by atoms with Gasteiger partial charge in [-0.25, -0.2) is 4.98 Å². The molecule has 108 valence electrons. The summed E-state index contributed by atoms with van der Waals surface area (Å²) >= 11 is 1.61. The lowest BCUT2D eigenvalue weighted by Gasteiger charge is -2.13. The van der Waals surface area contributed by atoms with Crippen molar-refractivity contribution >= 4 is 28.7 Å². The zero-order valence-electron chi connectivity index (χ0n) is 11.6. The number of rotatable bonds is 8. The predicted molar refractivity (Wildman–Crippen MR) is 82.7 cm³/mol. The highest BCUT2D eigenvalue weighted by molar-refractivity contribution is 7.99. The molecular formula is C14H20N4OS. The molecule has 0 fully saturated rings. The molecule has 0 spiro atoms. The first-order valence-electron chi connectivity index (χ1n) is 6.81. The van der Waals surface area contributed by atoms with Gasteiger partial charge in [0, 0.05) is 5.75 Å². The molecule has 2 rings (SSSR count). The fourth-order valence-electron chi connectivity index (χ4n) is 1.93. The standard InChI is InChI=1S/C14H20N4OS/c1-2-8-16-12(13(15)19)7-9-20-14-17-10-5-3-4-6-11(10)18-14/h3-6,12,16H,2,7-9H2,1H3,(H2,15,19)(H,17,18). The number of carbonyl (C=O) groups is 1. The third-order valence-electron chi connectivity index (χ3n) is 3.00. The summed E-state index contributed by atoms with van der Waals surface area (Å²) in [6.07, 6.45) is 1.69. The number of nitrogens with zero attached hydrogens (tertiary/aromatic N) is 1. The number of fused-ring (bicyclic) bond motifs is 1. The van der Waals surface area contributed by atoms with E-state index >= 15 is 0 Å². The van der Waals surface area contributed by atoms with Crippen molar-refractivity contribution in [2.75, 3.05) is 12.3 Å². The van der Waals surface area contributed by atoms with Crippen LogP contribution in [0, 0.1) is 0 Å². The van der Waals surface area contributed by atoms with Gasteiger partial charge in [-0.1, -0.05) is 30.8 Å². The first-order chi connectivity index (χ1) is 9.70. The summed E-state index contributed by atoms with van der Waals surface area (Å²) in [5, 5.41) is 4.04. The monoisotopic (exact) mass is 292 g/mol. The van der Waals surface area contributed by atoms with Crippen molar-refractivity contribution in [3.05, 3.63) is 24.3 Å². The van der Waals surface area contributed by atoms with Crippen LogP contribution in [0.5, 0.6) is 0 Å². The fourth-order valence-corrected chi connectivity index (χ4v) is 2.83. The van der Waals surface area contributed by atoms with Gasteiger partial charge in [-0.05, 0) is 31.5 Å². The van der Waals surface area contributed by atoms with Crippen LogP contribution >= 0.6 is 11.8 Å². The second-order valence-electron chi connectivity index (χ2n) is 4.61. The smallest absolute Gasteiger partial charge is 0.234 e. The van der Waals surface area contributed by atoms with Crippen molar-refractivity contribution in [1.29, 1.82) is 0 Å². The predicted octanol–water partition coefficient (Wildman–Crippen LogP) is 1.90. The Bertz CT molecular complexity index is 536. The van der Waals surface area contributed by atoms with E-state index in [2.05, 4.69) is 22.2 Å². The van der Waals surface area contributed by atoms with Gasteiger partial charge in [0.1, 0.15) is 0 Å². The molecule has 1 aromatic heterocycles. The molecule has 1 unspecified atom stereocenters. The summed E-state index contributed by atoms with van der Waals surface area (Å²) in [5.41, 5.74) is 7.38. The van der Waals surface area contributed by atoms with Crippen molar-refractivity contribution in [2.45, 2.75) is 31.0 Å². The number of aromatic amines is 1. The summed E-state index contributed by atoms with van der Waals surface area (Å²) in [7, 11) is 0. The molecule has 0 aliphatic rings. The lowest BCUT2D eigenvalue weighted by atomic mass is 10.2. The third kappa shape index (κ3) is 3.98. The molecule has 0 radical (unpaired) electrons. The number of amides is 1. The largest absolute Gasteiger partial charge is 0.368 e. The number of hydrogen-bond donors (Lipinski definition) is 3. The van der Waals surface area contributed by atoms with E-state index in [1.807, 2.05) is 24.3 Å². The maximum Gasteiger partial charge on any atom is 0.234 e. The Morgan fingerprint density at radius 1 is 1.50 bits per heavy atom. The lowest BCUT2D eigenvalue weighted by molar-refractivity contribution is -0.120. The molecule has 0 saturated carbocycles. The molecule has 2 aromatic rings. The number of primary amides is 1. The minimum absolute atomic E-state index is 0.258. The molecule has 6 heteroatoms. The number of carbonyl (C=O) groups excluding carboxylic acids is 1. The van der Waals surface area contributed by atoms with E-state index in [1.54, 1.807) is 11.8 Å². The van der Waals surface area contributed by atoms with Crippen LogP contribution in [-0.2, 0) is 4.79 Å². The molecular weight excluding hydrogens is 272 g/mol. The van der Waals surface area contributed by atoms with Gasteiger partial charge in [-0.2, -0.15) is 0 Å². The van der Waals surface area contributed by atoms with E-state index in [9.17, 15) is 4.79 Å². The second kappa shape index (κ2) is 7.31. The minimum atomic E-state index is -0.288. The summed E-state index contributed by atoms with van der Waals surface area (Å²) in [5.74, 6) is 0.507. The number of para-hydroxylation sites is 2. The van der Waals surface area contributed by atoms with Crippen LogP contribution in [0.15, 0.2) is 29.4 Å². The maximum absolute atomic E-state index is 11.3. The Balaban J connectivity index is 1.86. The average Bonchev–Trinajstić information content (AvgIpc) is 2.84. The summed E-state index contributed by atoms with van der Waals surface area (Å²) in [6.45, 7) is 2.87. The van der Waals surface area contributed by atoms with Gasteiger partial charge in [-0.3, -0.25) is 4.79 Å². The zero-order chi connectivity index (χ0) is 14.4. The summed E-state index contributed by atoms with van der Waals surface area (Å²) < 4.78 is 0. The molecule has 1 aromatic carbocycles. The van der Waals surface area contributed by atoms with Crippen LogP contribution < -0.4 is 11.1 Å². The quantitative estimate of drug-likeness (QED) is 0.649. The van der Waals surface area contributed by atoms with Crippen LogP contribution in [0.1, 0.15) is 19.8 Å². The number of nitrogens with two attached hydrogens (primary N) is 1. The first-order valence-corrected chi connectivity index (χ1v) is 7.79. The van der Waals surface area contributed by atoms with E-state index < -0.39 is 0 Å². The molecule has 5 nitrogen and oxygen atoms in total. The van der Waals surface area contributed by atoms with Gasteiger partial charge < -0.3 is 16.0 Å². The van der Waals surface area contributed by atoms with Gasteiger partial charge in [-0.15, -0.1) is 0 Å². The van der Waals surface area contributed by atoms with Crippen molar-refractivity contribution in [3.8, 4) is 0 Å². The zero-order valence-corrected chi connectivity index (χ0v) is 12.4. The summed E-state index contributed by atoms with van der Waals surface area (Å²) in [6, 6.07) is 7.67. The fraction of sp³-hybridized carbons (Fsp3) is 0.429. The molecule has 1 heterocycles. The number of benzene rings is 1. The molecule has 1 amide bonds. The number of nitrogens with one attached hydrogen (secondary N) is 2. The molecule has 0 saturated heterocycles. The van der Waals surface area contributed by atoms with Gasteiger partial charge in [0.15, 0.2) is 5.16 Å². The van der Waals surface area contributed by atoms with Crippen LogP contribution in [0.25, 0.3) is 11.0 Å². The number of H-pyrrole nitrogens is 1. The van der Waals surface area contributed by atoms with E-state index in [0.29, 0.717) is 6.42 Å². The Labute approximate surface area is 122 Å². The highest BCUT2D eigenvalue weighted by Crippen LogP contribution is 2.20. The molecule has 0 bridgehead atoms. The number of aromatic nitrogens is 2. The van der Waals surface area contributed by atoms with Crippen molar-refractivity contribution in [3.63, 3.8) is 0 Å². The van der Waals surface area contributed by atoms with Crippen molar-refractivity contribution in [2.24, 2.45) is 5.73 Å². The van der Waals surface area contributed by atoms with Gasteiger partial charge in [0.25, 0.3) is 0 Å². The van der Waals surface area contributed by atoms with E-state index in [1.165, 1.54) is 0 Å². The van der Waals surface area contributed by atoms with Crippen molar-refractivity contribution < 1.29 is 4.79 Å². The van der Waals surface area contributed by atoms with Crippen LogP contribution in [0.3, 0.4) is 0 Å². The van der Waals surface area contributed by atoms with Crippen LogP contribution in [-0.4, -0.2) is 34.2 Å². The molecule has 1 atom stereocenters. The van der Waals surface area contributed by atoms with E-state index in [-0.39, 0.29) is 11.9 Å². The summed E-state index contributed by atoms with van der Waals surface area (Å²) in [4.78, 5) is 19.1. The Morgan fingerprint density at radius 2 is 2.30 bits per heavy atom. The molecule has 20 heavy (non-hydrogen) atoms. The highest BCUT2D eigenvalue weighted by Gasteiger charge is 2.14. The van der Waals surface area contributed by atoms with Crippen LogP contribution in [0.4, 0.5) is 0 Å². The molecule has 0 aliphatic carbocycles. The van der Waals surface area contributed by atoms with Crippen molar-refractivity contribution in [1.82, 2.24) is 15.3 Å². The Kier molecular flexibility index (Phi) is 5.43. The van der Waals surface area contributed by atoms with Gasteiger partial charge in [0.05, 0.1) is 17.1 Å². The lowest BCUT2D eigenvalue weighted by Crippen LogP contribution is -2.41. The second-order valence-corrected chi connectivity index (χ2v) is 5.69. The Hall–Kier alpha value is -1.53. The average molecular weight is 292 g/mol. The molecule has 0 aliphatic heterocycles. The Morgan fingerprint density at radius 3 is 3.00 bits per heavy atom. The topological polar surface area (TPSA) is 83.8 Å². The number of hydrogen-bond acceptors (Lipinski definition) is 4. The first kappa shape index (κ1) is 14.9. The number of imidazole rings is 1. The van der Waals surface area contributed by atoms with Gasteiger partial charge >= 0.3 is 0 Å². The third-order valence-corrected chi connectivity index (χ3v) is 3.90.